The number of benzene rings is 1. The molecule has 1 aromatic heterocycles. The molecule has 2 nitrogen and oxygen atoms in total. The molecule has 1 unspecified atom stereocenters. The summed E-state index contributed by atoms with van der Waals surface area (Å²) in [7, 11) is 1.70. The molecule has 1 atom stereocenters. The van der Waals surface area contributed by atoms with E-state index in [1.54, 1.807) is 7.11 Å². The average molecular weight is 275 g/mol. The molecule has 2 rings (SSSR count). The molecule has 1 heterocycles. The molecule has 0 aliphatic carbocycles. The lowest BCUT2D eigenvalue weighted by Crippen LogP contribution is -2.21. The van der Waals surface area contributed by atoms with Gasteiger partial charge in [-0.15, -0.1) is 11.3 Å². The second kappa shape index (κ2) is 7.31. The fraction of sp³-hybridized carbons (Fsp3) is 0.375. The van der Waals surface area contributed by atoms with Gasteiger partial charge in [-0.1, -0.05) is 25.1 Å². The largest absolute Gasteiger partial charge is 0.497 e. The highest BCUT2D eigenvalue weighted by molar-refractivity contribution is 7.09. The molecule has 0 bridgehead atoms. The first kappa shape index (κ1) is 14.1. The van der Waals surface area contributed by atoms with Gasteiger partial charge in [-0.2, -0.15) is 0 Å². The zero-order valence-electron chi connectivity index (χ0n) is 11.6. The van der Waals surface area contributed by atoms with Crippen LogP contribution in [0.2, 0.25) is 0 Å². The standard InChI is InChI=1S/C16H21NOS/c1-3-17-16(11-10-15-5-4-12-19-15)13-6-8-14(18-2)9-7-13/h4-9,12,16-17H,3,10-11H2,1-2H3. The Labute approximate surface area is 119 Å². The number of methoxy groups -OCH3 is 1. The van der Waals surface area contributed by atoms with E-state index < -0.39 is 0 Å². The van der Waals surface area contributed by atoms with Crippen molar-refractivity contribution in [3.8, 4) is 5.75 Å². The van der Waals surface area contributed by atoms with Crippen molar-refractivity contribution < 1.29 is 4.74 Å². The normalized spacial score (nSPS) is 12.3. The van der Waals surface area contributed by atoms with Gasteiger partial charge >= 0.3 is 0 Å². The van der Waals surface area contributed by atoms with E-state index in [9.17, 15) is 0 Å². The lowest BCUT2D eigenvalue weighted by molar-refractivity contribution is 0.414. The Morgan fingerprint density at radius 1 is 1.21 bits per heavy atom. The van der Waals surface area contributed by atoms with E-state index in [2.05, 4.69) is 41.9 Å². The summed E-state index contributed by atoms with van der Waals surface area (Å²) >= 11 is 1.84. The van der Waals surface area contributed by atoms with Crippen LogP contribution in [0.5, 0.6) is 5.75 Å². The van der Waals surface area contributed by atoms with Crippen LogP contribution in [-0.2, 0) is 6.42 Å². The molecular weight excluding hydrogens is 254 g/mol. The van der Waals surface area contributed by atoms with Gasteiger partial charge in [0.05, 0.1) is 7.11 Å². The van der Waals surface area contributed by atoms with Crippen LogP contribution in [0.4, 0.5) is 0 Å². The van der Waals surface area contributed by atoms with Gasteiger partial charge in [0.2, 0.25) is 0 Å². The van der Waals surface area contributed by atoms with Crippen LogP contribution in [-0.4, -0.2) is 13.7 Å². The van der Waals surface area contributed by atoms with E-state index in [1.165, 1.54) is 10.4 Å². The third kappa shape index (κ3) is 4.08. The molecule has 0 aliphatic heterocycles. The maximum Gasteiger partial charge on any atom is 0.118 e. The minimum Gasteiger partial charge on any atom is -0.497 e. The molecule has 1 N–H and O–H groups in total. The number of thiophene rings is 1. The number of aryl methyl sites for hydroxylation is 1. The molecular formula is C16H21NOS. The number of hydrogen-bond donors (Lipinski definition) is 1. The molecule has 0 saturated carbocycles. The van der Waals surface area contributed by atoms with Crippen molar-refractivity contribution in [2.24, 2.45) is 0 Å². The highest BCUT2D eigenvalue weighted by Gasteiger charge is 2.10. The minimum atomic E-state index is 0.415. The Balaban J connectivity index is 2.01. The zero-order valence-corrected chi connectivity index (χ0v) is 12.4. The molecule has 1 aromatic carbocycles. The Bertz CT molecular complexity index is 464. The van der Waals surface area contributed by atoms with Crippen LogP contribution >= 0.6 is 11.3 Å². The van der Waals surface area contributed by atoms with Gasteiger partial charge in [0.15, 0.2) is 0 Å². The molecule has 0 amide bonds. The topological polar surface area (TPSA) is 21.3 Å². The third-order valence-corrected chi connectivity index (χ3v) is 4.16. The lowest BCUT2D eigenvalue weighted by atomic mass is 10.0. The fourth-order valence-electron chi connectivity index (χ4n) is 2.21. The van der Waals surface area contributed by atoms with E-state index >= 15 is 0 Å². The second-order valence-electron chi connectivity index (χ2n) is 4.50. The van der Waals surface area contributed by atoms with Gasteiger partial charge in [0.25, 0.3) is 0 Å². The fourth-order valence-corrected chi connectivity index (χ4v) is 2.94. The molecule has 3 heteroatoms. The van der Waals surface area contributed by atoms with Crippen LogP contribution in [0.1, 0.15) is 29.8 Å². The number of ether oxygens (including phenoxy) is 1. The summed E-state index contributed by atoms with van der Waals surface area (Å²) < 4.78 is 5.21. The van der Waals surface area contributed by atoms with Gasteiger partial charge in [-0.3, -0.25) is 0 Å². The summed E-state index contributed by atoms with van der Waals surface area (Å²) in [6.07, 6.45) is 2.25. The lowest BCUT2D eigenvalue weighted by Gasteiger charge is -2.18. The molecule has 0 aliphatic rings. The zero-order chi connectivity index (χ0) is 13.5. The van der Waals surface area contributed by atoms with Crippen LogP contribution in [0, 0.1) is 0 Å². The summed E-state index contributed by atoms with van der Waals surface area (Å²) in [6, 6.07) is 13.1. The Morgan fingerprint density at radius 2 is 2.00 bits per heavy atom. The Hall–Kier alpha value is -1.32. The van der Waals surface area contributed by atoms with Crippen molar-refractivity contribution in [2.75, 3.05) is 13.7 Å². The summed E-state index contributed by atoms with van der Waals surface area (Å²) in [4.78, 5) is 1.46. The van der Waals surface area contributed by atoms with Crippen molar-refractivity contribution in [2.45, 2.75) is 25.8 Å². The predicted molar refractivity (Wildman–Crippen MR) is 82.1 cm³/mol. The first-order chi connectivity index (χ1) is 9.33. The van der Waals surface area contributed by atoms with E-state index in [-0.39, 0.29) is 0 Å². The first-order valence-electron chi connectivity index (χ1n) is 6.73. The SMILES string of the molecule is CCNC(CCc1cccs1)c1ccc(OC)cc1. The molecule has 102 valence electrons. The molecule has 0 radical (unpaired) electrons. The molecule has 0 spiro atoms. The first-order valence-corrected chi connectivity index (χ1v) is 7.61. The van der Waals surface area contributed by atoms with Crippen LogP contribution in [0.3, 0.4) is 0 Å². The van der Waals surface area contributed by atoms with E-state index in [4.69, 9.17) is 4.74 Å². The number of rotatable bonds is 7. The monoisotopic (exact) mass is 275 g/mol. The van der Waals surface area contributed by atoms with E-state index in [0.717, 1.165) is 25.1 Å². The van der Waals surface area contributed by atoms with E-state index in [1.807, 2.05) is 23.5 Å². The van der Waals surface area contributed by atoms with Crippen molar-refractivity contribution in [1.29, 1.82) is 0 Å². The van der Waals surface area contributed by atoms with Gasteiger partial charge in [0.1, 0.15) is 5.75 Å². The second-order valence-corrected chi connectivity index (χ2v) is 5.53. The van der Waals surface area contributed by atoms with Crippen molar-refractivity contribution in [3.05, 3.63) is 52.2 Å². The van der Waals surface area contributed by atoms with Gasteiger partial charge in [-0.25, -0.2) is 0 Å². The summed E-state index contributed by atoms with van der Waals surface area (Å²) in [5.41, 5.74) is 1.33. The van der Waals surface area contributed by atoms with Gasteiger partial charge in [-0.05, 0) is 48.5 Å². The minimum absolute atomic E-state index is 0.415. The molecule has 0 fully saturated rings. The van der Waals surface area contributed by atoms with Gasteiger partial charge in [0, 0.05) is 10.9 Å². The molecule has 19 heavy (non-hydrogen) atoms. The van der Waals surface area contributed by atoms with Gasteiger partial charge < -0.3 is 10.1 Å². The van der Waals surface area contributed by atoms with Crippen LogP contribution in [0.15, 0.2) is 41.8 Å². The smallest absolute Gasteiger partial charge is 0.118 e. The molecule has 2 aromatic rings. The van der Waals surface area contributed by atoms with E-state index in [0.29, 0.717) is 6.04 Å². The highest BCUT2D eigenvalue weighted by atomic mass is 32.1. The van der Waals surface area contributed by atoms with Crippen LogP contribution < -0.4 is 10.1 Å². The summed E-state index contributed by atoms with van der Waals surface area (Å²) in [5.74, 6) is 0.914. The molecule has 0 saturated heterocycles. The third-order valence-electron chi connectivity index (χ3n) is 3.23. The predicted octanol–water partition coefficient (Wildman–Crippen LogP) is 4.04. The number of hydrogen-bond acceptors (Lipinski definition) is 3. The van der Waals surface area contributed by atoms with Crippen molar-refractivity contribution >= 4 is 11.3 Å². The quantitative estimate of drug-likeness (QED) is 0.823. The average Bonchev–Trinajstić information content (AvgIpc) is 2.97. The van der Waals surface area contributed by atoms with Crippen molar-refractivity contribution in [3.63, 3.8) is 0 Å². The maximum atomic E-state index is 5.21. The van der Waals surface area contributed by atoms with Crippen LogP contribution in [0.25, 0.3) is 0 Å². The maximum absolute atomic E-state index is 5.21. The summed E-state index contributed by atoms with van der Waals surface area (Å²) in [6.45, 7) is 3.14. The van der Waals surface area contributed by atoms with Crippen molar-refractivity contribution in [1.82, 2.24) is 5.32 Å². The number of nitrogens with one attached hydrogen (secondary N) is 1. The Morgan fingerprint density at radius 3 is 2.58 bits per heavy atom. The Kier molecular flexibility index (Phi) is 5.43. The summed E-state index contributed by atoms with van der Waals surface area (Å²) in [5, 5.41) is 5.71. The highest BCUT2D eigenvalue weighted by Crippen LogP contribution is 2.23.